The number of hydrogen-bond acceptors (Lipinski definition) is 5. The third-order valence-corrected chi connectivity index (χ3v) is 2.92. The Balaban J connectivity index is 2.23. The van der Waals surface area contributed by atoms with E-state index >= 15 is 0 Å². The first-order valence-corrected chi connectivity index (χ1v) is 6.07. The van der Waals surface area contributed by atoms with Crippen LogP contribution in [0.25, 0.3) is 0 Å². The van der Waals surface area contributed by atoms with E-state index in [2.05, 4.69) is 36.9 Å². The highest BCUT2D eigenvalue weighted by molar-refractivity contribution is 9.10. The smallest absolute Gasteiger partial charge is 0.276 e. The van der Waals surface area contributed by atoms with Crippen LogP contribution in [-0.2, 0) is 0 Å². The molecule has 0 aliphatic rings. The molecule has 1 heterocycles. The molecule has 6 nitrogen and oxygen atoms in total. The zero-order valence-electron chi connectivity index (χ0n) is 9.82. The zero-order valence-corrected chi connectivity index (χ0v) is 11.4. The first-order chi connectivity index (χ1) is 9.51. The van der Waals surface area contributed by atoms with Gasteiger partial charge in [-0.15, -0.1) is 10.2 Å². The highest BCUT2D eigenvalue weighted by atomic mass is 79.9. The Morgan fingerprint density at radius 1 is 1.25 bits per heavy atom. The Hall–Kier alpha value is -2.13. The molecule has 0 saturated carbocycles. The van der Waals surface area contributed by atoms with Gasteiger partial charge in [-0.3, -0.25) is 4.79 Å². The van der Waals surface area contributed by atoms with Crippen LogP contribution in [0, 0.1) is 11.6 Å². The molecule has 0 spiro atoms. The fourth-order valence-electron chi connectivity index (χ4n) is 1.37. The highest BCUT2D eigenvalue weighted by Crippen LogP contribution is 2.27. The SMILES string of the molecule is NNc1ccc(C(=O)Nc2c(F)cc(F)cc2Br)nn1. The Labute approximate surface area is 120 Å². The van der Waals surface area contributed by atoms with Crippen molar-refractivity contribution in [2.75, 3.05) is 10.7 Å². The molecule has 2 rings (SSSR count). The van der Waals surface area contributed by atoms with E-state index in [0.717, 1.165) is 6.07 Å². The molecule has 1 amide bonds. The molecule has 0 atom stereocenters. The normalized spacial score (nSPS) is 10.2. The van der Waals surface area contributed by atoms with E-state index in [4.69, 9.17) is 5.84 Å². The van der Waals surface area contributed by atoms with Crippen LogP contribution in [0.2, 0.25) is 0 Å². The number of halogens is 3. The van der Waals surface area contributed by atoms with E-state index in [-0.39, 0.29) is 21.7 Å². The summed E-state index contributed by atoms with van der Waals surface area (Å²) in [6.45, 7) is 0. The topological polar surface area (TPSA) is 92.9 Å². The summed E-state index contributed by atoms with van der Waals surface area (Å²) in [4.78, 5) is 11.9. The lowest BCUT2D eigenvalue weighted by atomic mass is 10.2. The number of aromatic nitrogens is 2. The lowest BCUT2D eigenvalue weighted by molar-refractivity contribution is 0.102. The maximum absolute atomic E-state index is 13.6. The van der Waals surface area contributed by atoms with Crippen LogP contribution in [0.5, 0.6) is 0 Å². The quantitative estimate of drug-likeness (QED) is 0.585. The molecule has 0 unspecified atom stereocenters. The van der Waals surface area contributed by atoms with Gasteiger partial charge in [0.2, 0.25) is 0 Å². The van der Waals surface area contributed by atoms with Crippen molar-refractivity contribution in [3.8, 4) is 0 Å². The molecule has 0 aliphatic heterocycles. The number of hydrazine groups is 1. The van der Waals surface area contributed by atoms with Crippen molar-refractivity contribution in [2.45, 2.75) is 0 Å². The largest absolute Gasteiger partial charge is 0.317 e. The van der Waals surface area contributed by atoms with Gasteiger partial charge in [-0.05, 0) is 34.1 Å². The third-order valence-electron chi connectivity index (χ3n) is 2.29. The first-order valence-electron chi connectivity index (χ1n) is 5.27. The number of anilines is 2. The Morgan fingerprint density at radius 2 is 2.00 bits per heavy atom. The number of nitrogen functional groups attached to an aromatic ring is 1. The van der Waals surface area contributed by atoms with Crippen LogP contribution in [-0.4, -0.2) is 16.1 Å². The molecule has 0 saturated heterocycles. The van der Waals surface area contributed by atoms with Crippen molar-refractivity contribution < 1.29 is 13.6 Å². The molecular weight excluding hydrogens is 336 g/mol. The molecule has 9 heteroatoms. The molecule has 0 fully saturated rings. The second kappa shape index (κ2) is 5.88. The summed E-state index contributed by atoms with van der Waals surface area (Å²) in [6.07, 6.45) is 0. The van der Waals surface area contributed by atoms with Crippen LogP contribution in [0.1, 0.15) is 10.5 Å². The molecule has 1 aromatic heterocycles. The van der Waals surface area contributed by atoms with E-state index in [9.17, 15) is 13.6 Å². The van der Waals surface area contributed by atoms with Gasteiger partial charge < -0.3 is 10.7 Å². The summed E-state index contributed by atoms with van der Waals surface area (Å²) in [5.41, 5.74) is 2.03. The summed E-state index contributed by atoms with van der Waals surface area (Å²) >= 11 is 2.96. The van der Waals surface area contributed by atoms with Crippen molar-refractivity contribution >= 4 is 33.3 Å². The molecule has 2 aromatic rings. The average Bonchev–Trinajstić information content (AvgIpc) is 2.42. The van der Waals surface area contributed by atoms with Gasteiger partial charge in [-0.2, -0.15) is 0 Å². The maximum atomic E-state index is 13.6. The van der Waals surface area contributed by atoms with Gasteiger partial charge in [0.05, 0.1) is 5.69 Å². The summed E-state index contributed by atoms with van der Waals surface area (Å²) < 4.78 is 26.6. The van der Waals surface area contributed by atoms with Crippen molar-refractivity contribution in [1.29, 1.82) is 0 Å². The second-order valence-corrected chi connectivity index (χ2v) is 4.50. The van der Waals surface area contributed by atoms with Crippen LogP contribution < -0.4 is 16.6 Å². The number of nitrogens with one attached hydrogen (secondary N) is 2. The standard InChI is InChI=1S/C11H8BrF2N5O/c12-6-3-5(13)4-7(14)10(6)16-11(20)8-1-2-9(17-15)19-18-8/h1-4H,15H2,(H,16,20)(H,17,19). The highest BCUT2D eigenvalue weighted by Gasteiger charge is 2.15. The van der Waals surface area contributed by atoms with Gasteiger partial charge in [-0.1, -0.05) is 0 Å². The molecule has 0 bridgehead atoms. The fraction of sp³-hybridized carbons (Fsp3) is 0. The van der Waals surface area contributed by atoms with Crippen molar-refractivity contribution in [2.24, 2.45) is 5.84 Å². The number of carbonyl (C=O) groups excluding carboxylic acids is 1. The van der Waals surface area contributed by atoms with Gasteiger partial charge >= 0.3 is 0 Å². The lowest BCUT2D eigenvalue weighted by Crippen LogP contribution is -2.17. The van der Waals surface area contributed by atoms with Gasteiger partial charge in [-0.25, -0.2) is 14.6 Å². The average molecular weight is 344 g/mol. The van der Waals surface area contributed by atoms with Crippen molar-refractivity contribution in [1.82, 2.24) is 10.2 Å². The summed E-state index contributed by atoms with van der Waals surface area (Å²) in [7, 11) is 0. The third kappa shape index (κ3) is 3.06. The van der Waals surface area contributed by atoms with Crippen LogP contribution in [0.4, 0.5) is 20.3 Å². The van der Waals surface area contributed by atoms with E-state index in [0.29, 0.717) is 6.07 Å². The summed E-state index contributed by atoms with van der Waals surface area (Å²) in [6, 6.07) is 4.48. The van der Waals surface area contributed by atoms with Gasteiger partial charge in [0.1, 0.15) is 5.82 Å². The Bertz CT molecular complexity index is 627. The molecule has 0 aliphatic carbocycles. The second-order valence-electron chi connectivity index (χ2n) is 3.65. The molecule has 20 heavy (non-hydrogen) atoms. The zero-order chi connectivity index (χ0) is 14.7. The minimum atomic E-state index is -0.904. The van der Waals surface area contributed by atoms with E-state index in [1.807, 2.05) is 0 Å². The first kappa shape index (κ1) is 14.3. The molecule has 0 radical (unpaired) electrons. The summed E-state index contributed by atoms with van der Waals surface area (Å²) in [5.74, 6) is 3.03. The Morgan fingerprint density at radius 3 is 2.55 bits per heavy atom. The van der Waals surface area contributed by atoms with Crippen LogP contribution in [0.15, 0.2) is 28.7 Å². The van der Waals surface area contributed by atoms with Crippen LogP contribution >= 0.6 is 15.9 Å². The lowest BCUT2D eigenvalue weighted by Gasteiger charge is -2.08. The monoisotopic (exact) mass is 343 g/mol. The molecular formula is C11H8BrF2N5O. The predicted octanol–water partition coefficient (Wildman–Crippen LogP) is 2.06. The number of benzene rings is 1. The predicted molar refractivity (Wildman–Crippen MR) is 71.9 cm³/mol. The summed E-state index contributed by atoms with van der Waals surface area (Å²) in [5, 5.41) is 9.49. The fourth-order valence-corrected chi connectivity index (χ4v) is 1.88. The maximum Gasteiger partial charge on any atom is 0.276 e. The van der Waals surface area contributed by atoms with E-state index < -0.39 is 17.5 Å². The minimum Gasteiger partial charge on any atom is -0.317 e. The number of nitrogens with two attached hydrogens (primary N) is 1. The Kier molecular flexibility index (Phi) is 4.20. The van der Waals surface area contributed by atoms with Crippen molar-refractivity contribution in [3.05, 3.63) is 46.1 Å². The molecule has 1 aromatic carbocycles. The molecule has 104 valence electrons. The van der Waals surface area contributed by atoms with Gasteiger partial charge in [0, 0.05) is 10.5 Å². The number of rotatable bonds is 3. The van der Waals surface area contributed by atoms with Crippen molar-refractivity contribution in [3.63, 3.8) is 0 Å². The molecule has 4 N–H and O–H groups in total. The van der Waals surface area contributed by atoms with Gasteiger partial charge in [0.25, 0.3) is 5.91 Å². The number of hydrogen-bond donors (Lipinski definition) is 3. The van der Waals surface area contributed by atoms with Gasteiger partial charge in [0.15, 0.2) is 17.3 Å². The number of nitrogens with zero attached hydrogens (tertiary/aromatic N) is 2. The number of carbonyl (C=O) groups is 1. The van der Waals surface area contributed by atoms with E-state index in [1.54, 1.807) is 0 Å². The number of amides is 1. The minimum absolute atomic E-state index is 0.0420. The van der Waals surface area contributed by atoms with Crippen LogP contribution in [0.3, 0.4) is 0 Å². The van der Waals surface area contributed by atoms with E-state index in [1.165, 1.54) is 12.1 Å².